The minimum absolute atomic E-state index is 0.384. The van der Waals surface area contributed by atoms with E-state index in [1.807, 2.05) is 36.4 Å². The van der Waals surface area contributed by atoms with Gasteiger partial charge in [-0.15, -0.1) is 0 Å². The first-order chi connectivity index (χ1) is 8.42. The fraction of sp³-hybridized carbons (Fsp3) is 0.357. The molecule has 4 heteroatoms. The molecule has 0 fully saturated rings. The van der Waals surface area contributed by atoms with Gasteiger partial charge in [0.25, 0.3) is 0 Å². The van der Waals surface area contributed by atoms with E-state index in [1.54, 1.807) is 0 Å². The third-order valence-electron chi connectivity index (χ3n) is 2.29. The predicted octanol–water partition coefficient (Wildman–Crippen LogP) is 3.94. The highest BCUT2D eigenvalue weighted by Gasteiger charge is 2.16. The maximum Gasteiger partial charge on any atom is 0.508 e. The molecule has 0 spiro atoms. The summed E-state index contributed by atoms with van der Waals surface area (Å²) in [6, 6.07) is 9.64. The highest BCUT2D eigenvalue weighted by Crippen LogP contribution is 2.20. The van der Waals surface area contributed by atoms with Crippen LogP contribution in [0.4, 0.5) is 4.79 Å². The number of methoxy groups -OCH3 is 1. The Morgan fingerprint density at radius 3 is 2.33 bits per heavy atom. The summed E-state index contributed by atoms with van der Waals surface area (Å²) in [7, 11) is -0.0147. The number of carbonyl (C=O) groups is 1. The quantitative estimate of drug-likeness (QED) is 0.610. The van der Waals surface area contributed by atoms with Crippen molar-refractivity contribution in [3.05, 3.63) is 47.7 Å². The molecule has 3 nitrogen and oxygen atoms in total. The summed E-state index contributed by atoms with van der Waals surface area (Å²) in [5.41, 5.74) is 3.10. The van der Waals surface area contributed by atoms with Crippen LogP contribution in [0, 0.1) is 0 Å². The van der Waals surface area contributed by atoms with Crippen LogP contribution in [0.15, 0.2) is 42.1 Å². The van der Waals surface area contributed by atoms with Crippen LogP contribution in [0.2, 0.25) is 19.6 Å². The molecule has 1 rings (SSSR count). The minimum atomic E-state index is -1.33. The molecule has 18 heavy (non-hydrogen) atoms. The Hall–Kier alpha value is -1.55. The zero-order chi connectivity index (χ0) is 13.6. The maximum absolute atomic E-state index is 11.3. The van der Waals surface area contributed by atoms with E-state index in [0.717, 1.165) is 5.56 Å². The number of carbonyl (C=O) groups excluding carboxylic acids is 1. The van der Waals surface area contributed by atoms with Gasteiger partial charge in [-0.1, -0.05) is 55.7 Å². The normalized spacial score (nSPS) is 13.3. The molecular weight excluding hydrogens is 244 g/mol. The number of hydrogen-bond donors (Lipinski definition) is 0. The summed E-state index contributed by atoms with van der Waals surface area (Å²) in [5.74, 6) is 0. The van der Waals surface area contributed by atoms with Gasteiger partial charge in [-0.2, -0.15) is 0 Å². The molecule has 1 unspecified atom stereocenters. The second-order valence-corrected chi connectivity index (χ2v) is 10.2. The lowest BCUT2D eigenvalue weighted by atomic mass is 10.1. The van der Waals surface area contributed by atoms with E-state index in [-0.39, 0.29) is 6.10 Å². The number of hydrogen-bond acceptors (Lipinski definition) is 3. The molecule has 1 atom stereocenters. The van der Waals surface area contributed by atoms with Crippen LogP contribution in [-0.2, 0) is 9.47 Å². The predicted molar refractivity (Wildman–Crippen MR) is 75.2 cm³/mol. The van der Waals surface area contributed by atoms with E-state index in [1.165, 1.54) is 7.11 Å². The fourth-order valence-electron chi connectivity index (χ4n) is 1.39. The smallest absolute Gasteiger partial charge is 0.438 e. The first-order valence-electron chi connectivity index (χ1n) is 5.91. The molecule has 0 aliphatic rings. The number of rotatable bonds is 4. The van der Waals surface area contributed by atoms with Gasteiger partial charge < -0.3 is 9.47 Å². The van der Waals surface area contributed by atoms with Gasteiger partial charge in [-0.25, -0.2) is 4.79 Å². The third kappa shape index (κ3) is 5.18. The summed E-state index contributed by atoms with van der Waals surface area (Å²) in [4.78, 5) is 11.3. The molecular formula is C14H20O3Si. The summed E-state index contributed by atoms with van der Waals surface area (Å²) in [6.45, 7) is 6.68. The molecule has 1 aromatic carbocycles. The van der Waals surface area contributed by atoms with Crippen molar-refractivity contribution in [2.45, 2.75) is 25.7 Å². The first kappa shape index (κ1) is 14.5. The molecule has 1 aromatic rings. The van der Waals surface area contributed by atoms with Crippen molar-refractivity contribution in [1.82, 2.24) is 0 Å². The van der Waals surface area contributed by atoms with Crippen molar-refractivity contribution >= 4 is 14.2 Å². The molecule has 0 heterocycles. The lowest BCUT2D eigenvalue weighted by molar-refractivity contribution is 0.0522. The van der Waals surface area contributed by atoms with Crippen molar-refractivity contribution in [3.63, 3.8) is 0 Å². The lowest BCUT2D eigenvalue weighted by Gasteiger charge is -2.16. The SMILES string of the molecule is COC(=O)OC(C=C[Si](C)(C)C)c1ccccc1. The lowest BCUT2D eigenvalue weighted by Crippen LogP contribution is -2.17. The van der Waals surface area contributed by atoms with Crippen molar-refractivity contribution in [2.75, 3.05) is 7.11 Å². The zero-order valence-electron chi connectivity index (χ0n) is 11.3. The molecule has 0 aromatic heterocycles. The molecule has 0 aliphatic carbocycles. The van der Waals surface area contributed by atoms with Crippen LogP contribution in [0.5, 0.6) is 0 Å². The van der Waals surface area contributed by atoms with E-state index >= 15 is 0 Å². The number of ether oxygens (including phenoxy) is 2. The highest BCUT2D eigenvalue weighted by atomic mass is 28.3. The summed E-state index contributed by atoms with van der Waals surface area (Å²) >= 11 is 0. The molecule has 0 N–H and O–H groups in total. The topological polar surface area (TPSA) is 35.5 Å². The average molecular weight is 264 g/mol. The van der Waals surface area contributed by atoms with Crippen molar-refractivity contribution in [1.29, 1.82) is 0 Å². The molecule has 0 saturated heterocycles. The summed E-state index contributed by atoms with van der Waals surface area (Å²) < 4.78 is 9.81. The summed E-state index contributed by atoms with van der Waals surface area (Å²) in [5, 5.41) is 0. The van der Waals surface area contributed by atoms with Crippen LogP contribution >= 0.6 is 0 Å². The Labute approximate surface area is 109 Å². The highest BCUT2D eigenvalue weighted by molar-refractivity contribution is 6.80. The monoisotopic (exact) mass is 264 g/mol. The summed E-state index contributed by atoms with van der Waals surface area (Å²) in [6.07, 6.45) is 0.896. The number of benzene rings is 1. The van der Waals surface area contributed by atoms with E-state index < -0.39 is 14.2 Å². The Morgan fingerprint density at radius 1 is 1.22 bits per heavy atom. The molecule has 98 valence electrons. The molecule has 0 aliphatic heterocycles. The van der Waals surface area contributed by atoms with Gasteiger partial charge in [0.05, 0.1) is 15.2 Å². The Morgan fingerprint density at radius 2 is 1.83 bits per heavy atom. The van der Waals surface area contributed by atoms with Crippen molar-refractivity contribution < 1.29 is 14.3 Å². The third-order valence-corrected chi connectivity index (χ3v) is 3.48. The standard InChI is InChI=1S/C14H20O3Si/c1-16-14(15)17-13(10-11-18(2,3)4)12-8-6-5-7-9-12/h5-11,13H,1-4H3. The molecule has 0 amide bonds. The first-order valence-corrected chi connectivity index (χ1v) is 9.49. The van der Waals surface area contributed by atoms with Crippen LogP contribution in [0.25, 0.3) is 0 Å². The van der Waals surface area contributed by atoms with Crippen LogP contribution in [0.1, 0.15) is 11.7 Å². The average Bonchev–Trinajstić information content (AvgIpc) is 2.34. The van der Waals surface area contributed by atoms with Gasteiger partial charge in [0.1, 0.15) is 6.10 Å². The van der Waals surface area contributed by atoms with E-state index in [2.05, 4.69) is 30.1 Å². The van der Waals surface area contributed by atoms with Crippen LogP contribution in [-0.4, -0.2) is 21.3 Å². The Bertz CT molecular complexity index is 407. The maximum atomic E-state index is 11.3. The fourth-order valence-corrected chi connectivity index (χ4v) is 2.14. The second-order valence-electron chi connectivity index (χ2n) is 5.13. The molecule has 0 saturated carbocycles. The van der Waals surface area contributed by atoms with Crippen LogP contribution in [0.3, 0.4) is 0 Å². The molecule has 0 bridgehead atoms. The second kappa shape index (κ2) is 6.40. The zero-order valence-corrected chi connectivity index (χ0v) is 12.3. The Kier molecular flexibility index (Phi) is 5.16. The Balaban J connectivity index is 2.89. The van der Waals surface area contributed by atoms with Gasteiger partial charge in [-0.05, 0) is 11.6 Å². The van der Waals surface area contributed by atoms with E-state index in [9.17, 15) is 4.79 Å². The van der Waals surface area contributed by atoms with Gasteiger partial charge >= 0.3 is 6.16 Å². The minimum Gasteiger partial charge on any atom is -0.438 e. The van der Waals surface area contributed by atoms with Crippen molar-refractivity contribution in [2.24, 2.45) is 0 Å². The van der Waals surface area contributed by atoms with Gasteiger partial charge in [0.15, 0.2) is 0 Å². The van der Waals surface area contributed by atoms with Gasteiger partial charge in [-0.3, -0.25) is 0 Å². The van der Waals surface area contributed by atoms with Crippen molar-refractivity contribution in [3.8, 4) is 0 Å². The molecule has 0 radical (unpaired) electrons. The van der Waals surface area contributed by atoms with Crippen LogP contribution < -0.4 is 0 Å². The van der Waals surface area contributed by atoms with Gasteiger partial charge in [0.2, 0.25) is 0 Å². The van der Waals surface area contributed by atoms with E-state index in [4.69, 9.17) is 4.74 Å². The van der Waals surface area contributed by atoms with E-state index in [0.29, 0.717) is 0 Å². The van der Waals surface area contributed by atoms with Gasteiger partial charge in [0, 0.05) is 0 Å². The largest absolute Gasteiger partial charge is 0.508 e.